The van der Waals surface area contributed by atoms with Crippen molar-refractivity contribution in [3.8, 4) is 17.2 Å². The number of rotatable bonds is 7. The summed E-state index contributed by atoms with van der Waals surface area (Å²) in [6.45, 7) is 4.89. The Morgan fingerprint density at radius 1 is 0.969 bits per heavy atom. The summed E-state index contributed by atoms with van der Waals surface area (Å²) in [5, 5.41) is 5.68. The molecule has 2 N–H and O–H groups in total. The molecule has 1 saturated heterocycles. The smallest absolute Gasteiger partial charge is 0.325 e. The normalized spacial score (nSPS) is 15.9. The van der Waals surface area contributed by atoms with Gasteiger partial charge in [-0.05, 0) is 36.4 Å². The molecule has 32 heavy (non-hydrogen) atoms. The van der Waals surface area contributed by atoms with Crippen LogP contribution in [0.1, 0.15) is 0 Å². The highest BCUT2D eigenvalue weighted by molar-refractivity contribution is 6.30. The number of carbonyl (C=O) groups excluding carboxylic acids is 2. The van der Waals surface area contributed by atoms with Gasteiger partial charge in [-0.15, -0.1) is 0 Å². The van der Waals surface area contributed by atoms with E-state index >= 15 is 0 Å². The van der Waals surface area contributed by atoms with E-state index in [0.717, 1.165) is 38.5 Å². The Morgan fingerprint density at radius 3 is 2.47 bits per heavy atom. The van der Waals surface area contributed by atoms with Gasteiger partial charge in [0.05, 0.1) is 6.54 Å². The average Bonchev–Trinajstić information content (AvgIpc) is 3.24. The third kappa shape index (κ3) is 6.25. The van der Waals surface area contributed by atoms with Gasteiger partial charge in [-0.3, -0.25) is 19.9 Å². The van der Waals surface area contributed by atoms with E-state index in [1.165, 1.54) is 0 Å². The highest BCUT2D eigenvalue weighted by Crippen LogP contribution is 2.34. The van der Waals surface area contributed by atoms with Gasteiger partial charge in [0.2, 0.25) is 12.7 Å². The molecule has 2 aromatic rings. The van der Waals surface area contributed by atoms with Crippen molar-refractivity contribution in [2.24, 2.45) is 0 Å². The van der Waals surface area contributed by atoms with Crippen LogP contribution in [0.4, 0.5) is 10.5 Å². The molecule has 2 aromatic carbocycles. The molecule has 10 heteroatoms. The minimum Gasteiger partial charge on any atom is -0.492 e. The van der Waals surface area contributed by atoms with Crippen LogP contribution >= 0.6 is 11.6 Å². The number of fused-ring (bicyclic) bond motifs is 1. The molecule has 2 aliphatic heterocycles. The number of ether oxygens (including phenoxy) is 3. The SMILES string of the molecule is O=C(CN1CCN(CCOc2ccc(Cl)cc2)CC1)NC(=O)Nc1ccc2c(c1)OCO2. The average molecular weight is 461 g/mol. The van der Waals surface area contributed by atoms with Crippen LogP contribution in [0.5, 0.6) is 17.2 Å². The van der Waals surface area contributed by atoms with Gasteiger partial charge in [-0.25, -0.2) is 4.79 Å². The zero-order valence-electron chi connectivity index (χ0n) is 17.5. The Bertz CT molecular complexity index is 948. The van der Waals surface area contributed by atoms with Crippen molar-refractivity contribution >= 4 is 29.2 Å². The third-order valence-electron chi connectivity index (χ3n) is 5.21. The monoisotopic (exact) mass is 460 g/mol. The molecule has 0 atom stereocenters. The number of imide groups is 1. The molecular formula is C22H25ClN4O5. The molecule has 4 rings (SSSR count). The summed E-state index contributed by atoms with van der Waals surface area (Å²) in [6.07, 6.45) is 0. The summed E-state index contributed by atoms with van der Waals surface area (Å²) in [7, 11) is 0. The molecule has 3 amide bonds. The number of hydrogen-bond donors (Lipinski definition) is 2. The predicted octanol–water partition coefficient (Wildman–Crippen LogP) is 2.41. The number of amides is 3. The number of piperazine rings is 1. The number of urea groups is 1. The number of anilines is 1. The zero-order chi connectivity index (χ0) is 22.3. The topological polar surface area (TPSA) is 92.4 Å². The lowest BCUT2D eigenvalue weighted by Crippen LogP contribution is -2.51. The van der Waals surface area contributed by atoms with E-state index in [9.17, 15) is 9.59 Å². The van der Waals surface area contributed by atoms with Crippen LogP contribution in [0, 0.1) is 0 Å². The molecule has 2 aliphatic rings. The molecular weight excluding hydrogens is 436 g/mol. The van der Waals surface area contributed by atoms with Crippen molar-refractivity contribution in [1.29, 1.82) is 0 Å². The Hall–Kier alpha value is -3.01. The lowest BCUT2D eigenvalue weighted by atomic mass is 10.3. The summed E-state index contributed by atoms with van der Waals surface area (Å²) in [6, 6.07) is 11.8. The summed E-state index contributed by atoms with van der Waals surface area (Å²) >= 11 is 5.87. The first-order chi connectivity index (χ1) is 15.5. The van der Waals surface area contributed by atoms with Crippen LogP contribution in [0.3, 0.4) is 0 Å². The van der Waals surface area contributed by atoms with Crippen LogP contribution in [-0.2, 0) is 4.79 Å². The van der Waals surface area contributed by atoms with Gasteiger partial charge in [0.15, 0.2) is 11.5 Å². The lowest BCUT2D eigenvalue weighted by molar-refractivity contribution is -0.121. The van der Waals surface area contributed by atoms with Crippen LogP contribution in [-0.4, -0.2) is 74.4 Å². The minimum absolute atomic E-state index is 0.159. The second kappa shape index (κ2) is 10.5. The Labute approximate surface area is 191 Å². The Morgan fingerprint density at radius 2 is 1.69 bits per heavy atom. The highest BCUT2D eigenvalue weighted by Gasteiger charge is 2.20. The number of halogens is 1. The standard InChI is InChI=1S/C22H25ClN4O5/c23-16-1-4-18(5-2-16)30-12-11-26-7-9-27(10-8-26)14-21(28)25-22(29)24-17-3-6-19-20(13-17)32-15-31-19/h1-6,13H,7-12,14-15H2,(H2,24,25,28,29). The fourth-order valence-electron chi connectivity index (χ4n) is 3.50. The van der Waals surface area contributed by atoms with Gasteiger partial charge in [0, 0.05) is 49.5 Å². The van der Waals surface area contributed by atoms with E-state index in [2.05, 4.69) is 15.5 Å². The van der Waals surface area contributed by atoms with Gasteiger partial charge < -0.3 is 19.5 Å². The van der Waals surface area contributed by atoms with Gasteiger partial charge in [0.1, 0.15) is 12.4 Å². The van der Waals surface area contributed by atoms with E-state index in [1.807, 2.05) is 17.0 Å². The molecule has 1 fully saturated rings. The highest BCUT2D eigenvalue weighted by atomic mass is 35.5. The minimum atomic E-state index is -0.577. The maximum atomic E-state index is 12.2. The number of hydrogen-bond acceptors (Lipinski definition) is 7. The number of nitrogens with one attached hydrogen (secondary N) is 2. The summed E-state index contributed by atoms with van der Waals surface area (Å²) in [5.41, 5.74) is 0.522. The molecule has 170 valence electrons. The van der Waals surface area contributed by atoms with Crippen molar-refractivity contribution in [2.45, 2.75) is 0 Å². The molecule has 0 unspecified atom stereocenters. The zero-order valence-corrected chi connectivity index (χ0v) is 18.3. The summed E-state index contributed by atoms with van der Waals surface area (Å²) in [4.78, 5) is 28.7. The second-order valence-electron chi connectivity index (χ2n) is 7.49. The first kappa shape index (κ1) is 22.2. The maximum absolute atomic E-state index is 12.2. The predicted molar refractivity (Wildman–Crippen MR) is 120 cm³/mol. The van der Waals surface area contributed by atoms with E-state index in [1.54, 1.807) is 30.3 Å². The van der Waals surface area contributed by atoms with E-state index < -0.39 is 6.03 Å². The molecule has 0 radical (unpaired) electrons. The largest absolute Gasteiger partial charge is 0.492 e. The molecule has 0 bridgehead atoms. The van der Waals surface area contributed by atoms with Gasteiger partial charge >= 0.3 is 6.03 Å². The first-order valence-corrected chi connectivity index (χ1v) is 10.8. The molecule has 2 heterocycles. The van der Waals surface area contributed by atoms with Crippen molar-refractivity contribution < 1.29 is 23.8 Å². The van der Waals surface area contributed by atoms with Crippen molar-refractivity contribution in [2.75, 3.05) is 58.0 Å². The first-order valence-electron chi connectivity index (χ1n) is 10.4. The van der Waals surface area contributed by atoms with Gasteiger partial charge in [-0.1, -0.05) is 11.6 Å². The molecule has 0 saturated carbocycles. The number of nitrogens with zero attached hydrogens (tertiary/aromatic N) is 2. The fraction of sp³-hybridized carbons (Fsp3) is 0.364. The summed E-state index contributed by atoms with van der Waals surface area (Å²) < 4.78 is 16.2. The number of benzene rings is 2. The molecule has 0 aliphatic carbocycles. The Kier molecular flexibility index (Phi) is 7.31. The molecule has 0 spiro atoms. The van der Waals surface area contributed by atoms with E-state index in [-0.39, 0.29) is 19.2 Å². The quantitative estimate of drug-likeness (QED) is 0.655. The van der Waals surface area contributed by atoms with Crippen LogP contribution in [0.25, 0.3) is 0 Å². The van der Waals surface area contributed by atoms with Crippen molar-refractivity contribution in [3.05, 3.63) is 47.5 Å². The van der Waals surface area contributed by atoms with Crippen LogP contribution in [0.15, 0.2) is 42.5 Å². The third-order valence-corrected chi connectivity index (χ3v) is 5.46. The number of carbonyl (C=O) groups is 2. The van der Waals surface area contributed by atoms with Gasteiger partial charge in [0.25, 0.3) is 0 Å². The van der Waals surface area contributed by atoms with E-state index in [0.29, 0.717) is 28.8 Å². The lowest BCUT2D eigenvalue weighted by Gasteiger charge is -2.34. The summed E-state index contributed by atoms with van der Waals surface area (Å²) in [5.74, 6) is 1.64. The fourth-order valence-corrected chi connectivity index (χ4v) is 3.63. The van der Waals surface area contributed by atoms with E-state index in [4.69, 9.17) is 25.8 Å². The molecule has 0 aromatic heterocycles. The van der Waals surface area contributed by atoms with Gasteiger partial charge in [-0.2, -0.15) is 0 Å². The van der Waals surface area contributed by atoms with Crippen molar-refractivity contribution in [1.82, 2.24) is 15.1 Å². The second-order valence-corrected chi connectivity index (χ2v) is 7.93. The van der Waals surface area contributed by atoms with Crippen molar-refractivity contribution in [3.63, 3.8) is 0 Å². The maximum Gasteiger partial charge on any atom is 0.325 e. The van der Waals surface area contributed by atoms with Crippen LogP contribution < -0.4 is 24.8 Å². The Balaban J connectivity index is 1.12. The van der Waals surface area contributed by atoms with Crippen LogP contribution in [0.2, 0.25) is 5.02 Å². The molecule has 9 nitrogen and oxygen atoms in total.